The van der Waals surface area contributed by atoms with E-state index < -0.39 is 0 Å². The van der Waals surface area contributed by atoms with Crippen molar-refractivity contribution in [2.45, 2.75) is 46.6 Å². The fraction of sp³-hybridized carbons (Fsp3) is 0.600. The van der Waals surface area contributed by atoms with E-state index >= 15 is 0 Å². The Morgan fingerprint density at radius 1 is 1.37 bits per heavy atom. The molecule has 0 bridgehead atoms. The summed E-state index contributed by atoms with van der Waals surface area (Å²) >= 11 is 0. The van der Waals surface area contributed by atoms with Gasteiger partial charge in [0.05, 0.1) is 4.92 Å². The molecule has 19 heavy (non-hydrogen) atoms. The smallest absolute Gasteiger partial charge is 0.269 e. The highest BCUT2D eigenvalue weighted by Crippen LogP contribution is 2.24. The van der Waals surface area contributed by atoms with Gasteiger partial charge in [0, 0.05) is 24.7 Å². The fourth-order valence-electron chi connectivity index (χ4n) is 1.88. The second-order valence-electron chi connectivity index (χ2n) is 5.71. The molecule has 0 fully saturated rings. The molecule has 1 unspecified atom stereocenters. The zero-order valence-corrected chi connectivity index (χ0v) is 12.3. The second-order valence-corrected chi connectivity index (χ2v) is 5.71. The Morgan fingerprint density at radius 2 is 2.05 bits per heavy atom. The van der Waals surface area contributed by atoms with Crippen LogP contribution in [0.2, 0.25) is 0 Å². The second kappa shape index (κ2) is 6.66. The van der Waals surface area contributed by atoms with Crippen molar-refractivity contribution in [1.82, 2.24) is 5.32 Å². The molecule has 106 valence electrons. The number of benzene rings is 1. The van der Waals surface area contributed by atoms with E-state index in [0.717, 1.165) is 24.9 Å². The summed E-state index contributed by atoms with van der Waals surface area (Å²) in [7, 11) is 0. The van der Waals surface area contributed by atoms with Gasteiger partial charge < -0.3 is 5.32 Å². The van der Waals surface area contributed by atoms with Crippen LogP contribution in [0.1, 0.15) is 52.1 Å². The molecule has 0 saturated carbocycles. The molecule has 4 nitrogen and oxygen atoms in total. The Hall–Kier alpha value is -1.42. The first-order chi connectivity index (χ1) is 8.89. The number of nitrogens with one attached hydrogen (secondary N) is 1. The molecule has 1 atom stereocenters. The lowest BCUT2D eigenvalue weighted by atomic mass is 9.89. The van der Waals surface area contributed by atoms with Crippen molar-refractivity contribution in [2.75, 3.05) is 6.54 Å². The van der Waals surface area contributed by atoms with Crippen LogP contribution in [-0.4, -0.2) is 11.5 Å². The van der Waals surface area contributed by atoms with Crippen LogP contribution >= 0.6 is 0 Å². The quantitative estimate of drug-likeness (QED) is 0.596. The van der Waals surface area contributed by atoms with Crippen molar-refractivity contribution in [3.8, 4) is 0 Å². The number of nitrogens with zero attached hydrogens (tertiary/aromatic N) is 1. The third-order valence-electron chi connectivity index (χ3n) is 3.68. The third-order valence-corrected chi connectivity index (χ3v) is 3.68. The normalized spacial score (nSPS) is 13.3. The molecular weight excluding hydrogens is 240 g/mol. The number of nitro benzene ring substituents is 1. The van der Waals surface area contributed by atoms with Crippen molar-refractivity contribution < 1.29 is 4.92 Å². The molecule has 0 amide bonds. The number of hydrogen-bond donors (Lipinski definition) is 1. The Balaban J connectivity index is 2.80. The van der Waals surface area contributed by atoms with E-state index in [4.69, 9.17) is 0 Å². The molecule has 0 radical (unpaired) electrons. The molecular formula is C15H24N2O2. The summed E-state index contributed by atoms with van der Waals surface area (Å²) < 4.78 is 0. The number of non-ortho nitro benzene ring substituents is 1. The van der Waals surface area contributed by atoms with Crippen LogP contribution < -0.4 is 5.32 Å². The average molecular weight is 264 g/mol. The first kappa shape index (κ1) is 15.6. The van der Waals surface area contributed by atoms with Gasteiger partial charge in [0.15, 0.2) is 0 Å². The summed E-state index contributed by atoms with van der Waals surface area (Å²) in [6.45, 7) is 9.62. The van der Waals surface area contributed by atoms with Gasteiger partial charge in [0.1, 0.15) is 0 Å². The highest BCUT2D eigenvalue weighted by Gasteiger charge is 2.18. The first-order valence-corrected chi connectivity index (χ1v) is 6.87. The van der Waals surface area contributed by atoms with Crippen molar-refractivity contribution in [3.05, 3.63) is 39.9 Å². The van der Waals surface area contributed by atoms with Gasteiger partial charge in [-0.2, -0.15) is 0 Å². The van der Waals surface area contributed by atoms with Crippen LogP contribution in [-0.2, 0) is 0 Å². The Labute approximate surface area is 115 Å². The van der Waals surface area contributed by atoms with Crippen molar-refractivity contribution >= 4 is 5.69 Å². The van der Waals surface area contributed by atoms with Gasteiger partial charge >= 0.3 is 0 Å². The predicted molar refractivity (Wildman–Crippen MR) is 78.2 cm³/mol. The summed E-state index contributed by atoms with van der Waals surface area (Å²) in [6.07, 6.45) is 2.02. The molecule has 1 aromatic carbocycles. The maximum Gasteiger partial charge on any atom is 0.269 e. The molecule has 0 aliphatic carbocycles. The molecule has 1 rings (SSSR count). The van der Waals surface area contributed by atoms with Gasteiger partial charge in [-0.15, -0.1) is 0 Å². The van der Waals surface area contributed by atoms with E-state index in [2.05, 4.69) is 33.0 Å². The lowest BCUT2D eigenvalue weighted by Crippen LogP contribution is -2.31. The predicted octanol–water partition coefficient (Wildman–Crippen LogP) is 4.07. The maximum absolute atomic E-state index is 10.8. The Bertz CT molecular complexity index is 430. The number of hydrogen-bond acceptors (Lipinski definition) is 3. The van der Waals surface area contributed by atoms with E-state index in [1.165, 1.54) is 6.07 Å². The van der Waals surface area contributed by atoms with Gasteiger partial charge in [-0.25, -0.2) is 0 Å². The lowest BCUT2D eigenvalue weighted by molar-refractivity contribution is -0.384. The number of nitro groups is 1. The van der Waals surface area contributed by atoms with Crippen LogP contribution in [0, 0.1) is 15.5 Å². The van der Waals surface area contributed by atoms with Crippen LogP contribution in [0.15, 0.2) is 24.3 Å². The Kier molecular flexibility index (Phi) is 5.48. The summed E-state index contributed by atoms with van der Waals surface area (Å²) in [5.74, 6) is 0. The number of rotatable bonds is 7. The summed E-state index contributed by atoms with van der Waals surface area (Å²) in [5, 5.41) is 14.3. The summed E-state index contributed by atoms with van der Waals surface area (Å²) in [6, 6.07) is 7.08. The SMILES string of the molecule is CCC(NCC(C)(C)CC)c1cccc([N+](=O)[O-])c1. The van der Waals surface area contributed by atoms with E-state index in [1.807, 2.05) is 6.07 Å². The summed E-state index contributed by atoms with van der Waals surface area (Å²) in [4.78, 5) is 10.5. The maximum atomic E-state index is 10.8. The summed E-state index contributed by atoms with van der Waals surface area (Å²) in [5.41, 5.74) is 1.39. The first-order valence-electron chi connectivity index (χ1n) is 6.87. The lowest BCUT2D eigenvalue weighted by Gasteiger charge is -2.27. The largest absolute Gasteiger partial charge is 0.309 e. The fourth-order valence-corrected chi connectivity index (χ4v) is 1.88. The molecule has 0 aromatic heterocycles. The van der Waals surface area contributed by atoms with Gasteiger partial charge in [-0.3, -0.25) is 10.1 Å². The average Bonchev–Trinajstić information content (AvgIpc) is 2.39. The molecule has 0 aliphatic heterocycles. The molecule has 0 aliphatic rings. The molecule has 1 aromatic rings. The molecule has 0 heterocycles. The van der Waals surface area contributed by atoms with E-state index in [-0.39, 0.29) is 22.1 Å². The minimum atomic E-state index is -0.341. The zero-order valence-electron chi connectivity index (χ0n) is 12.3. The highest BCUT2D eigenvalue weighted by molar-refractivity contribution is 5.35. The topological polar surface area (TPSA) is 55.2 Å². The standard InChI is InChI=1S/C15H24N2O2/c1-5-14(16-11-15(3,4)6-2)12-8-7-9-13(10-12)17(18)19/h7-10,14,16H,5-6,11H2,1-4H3. The van der Waals surface area contributed by atoms with Gasteiger partial charge in [0.2, 0.25) is 0 Å². The van der Waals surface area contributed by atoms with E-state index in [1.54, 1.807) is 12.1 Å². The van der Waals surface area contributed by atoms with Gasteiger partial charge in [-0.1, -0.05) is 39.8 Å². The Morgan fingerprint density at radius 3 is 2.58 bits per heavy atom. The third kappa shape index (κ3) is 4.63. The highest BCUT2D eigenvalue weighted by atomic mass is 16.6. The van der Waals surface area contributed by atoms with Crippen LogP contribution in [0.25, 0.3) is 0 Å². The molecule has 4 heteroatoms. The minimum Gasteiger partial charge on any atom is -0.309 e. The van der Waals surface area contributed by atoms with E-state index in [0.29, 0.717) is 0 Å². The van der Waals surface area contributed by atoms with Crippen LogP contribution in [0.3, 0.4) is 0 Å². The molecule has 0 spiro atoms. The van der Waals surface area contributed by atoms with Gasteiger partial charge in [-0.05, 0) is 23.8 Å². The van der Waals surface area contributed by atoms with Gasteiger partial charge in [0.25, 0.3) is 5.69 Å². The molecule has 0 saturated heterocycles. The zero-order chi connectivity index (χ0) is 14.5. The molecule has 1 N–H and O–H groups in total. The minimum absolute atomic E-state index is 0.160. The van der Waals surface area contributed by atoms with Crippen LogP contribution in [0.5, 0.6) is 0 Å². The van der Waals surface area contributed by atoms with Crippen molar-refractivity contribution in [2.24, 2.45) is 5.41 Å². The van der Waals surface area contributed by atoms with Crippen molar-refractivity contribution in [1.29, 1.82) is 0 Å². The van der Waals surface area contributed by atoms with E-state index in [9.17, 15) is 10.1 Å². The van der Waals surface area contributed by atoms with Crippen molar-refractivity contribution in [3.63, 3.8) is 0 Å². The van der Waals surface area contributed by atoms with Crippen LogP contribution in [0.4, 0.5) is 5.69 Å². The monoisotopic (exact) mass is 264 g/mol.